The summed E-state index contributed by atoms with van der Waals surface area (Å²) in [5.74, 6) is 1.70. The highest BCUT2D eigenvalue weighted by Crippen LogP contribution is 2.14. The van der Waals surface area contributed by atoms with Gasteiger partial charge in [-0.2, -0.15) is 0 Å². The third-order valence-electron chi connectivity index (χ3n) is 2.39. The quantitative estimate of drug-likeness (QED) is 0.551. The number of hydrogen-bond donors (Lipinski definition) is 0. The van der Waals surface area contributed by atoms with Gasteiger partial charge in [-0.15, -0.1) is 0 Å². The Hall–Kier alpha value is -0.0400. The average Bonchev–Trinajstić information content (AvgIpc) is 1.80. The highest BCUT2D eigenvalue weighted by atomic mass is 15.3. The molecule has 0 aromatic heterocycles. The van der Waals surface area contributed by atoms with Crippen LogP contribution in [0.3, 0.4) is 0 Å². The maximum absolute atomic E-state index is 2.35. The zero-order valence-electron chi connectivity index (χ0n) is 9.02. The first-order chi connectivity index (χ1) is 4.83. The van der Waals surface area contributed by atoms with E-state index in [1.165, 1.54) is 13.0 Å². The lowest BCUT2D eigenvalue weighted by molar-refractivity contribution is -0.871. The third-order valence-corrected chi connectivity index (χ3v) is 2.39. The van der Waals surface area contributed by atoms with Gasteiger partial charge in [0.15, 0.2) is 0 Å². The van der Waals surface area contributed by atoms with Crippen LogP contribution < -0.4 is 0 Å². The number of quaternary nitrogens is 1. The van der Waals surface area contributed by atoms with Gasteiger partial charge in [-0.25, -0.2) is 0 Å². The van der Waals surface area contributed by atoms with Crippen molar-refractivity contribution in [3.63, 3.8) is 0 Å². The molecule has 0 aliphatic heterocycles. The van der Waals surface area contributed by atoms with Crippen molar-refractivity contribution in [2.45, 2.75) is 27.2 Å². The minimum atomic E-state index is 0.835. The van der Waals surface area contributed by atoms with E-state index in [1.54, 1.807) is 0 Å². The Labute approximate surface area is 72.0 Å². The minimum absolute atomic E-state index is 0.835. The van der Waals surface area contributed by atoms with E-state index < -0.39 is 0 Å². The Kier molecular flexibility index (Phi) is 4.09. The van der Waals surface area contributed by atoms with E-state index in [1.807, 2.05) is 0 Å². The van der Waals surface area contributed by atoms with Gasteiger partial charge in [0.1, 0.15) is 0 Å². The molecule has 1 unspecified atom stereocenters. The highest BCUT2D eigenvalue weighted by molar-refractivity contribution is 4.55. The van der Waals surface area contributed by atoms with Crippen molar-refractivity contribution >= 4 is 0 Å². The molecule has 0 aromatic carbocycles. The largest absolute Gasteiger partial charge is 0.331 e. The Morgan fingerprint density at radius 2 is 1.45 bits per heavy atom. The lowest BCUT2D eigenvalue weighted by atomic mass is 9.94. The second-order valence-electron chi connectivity index (χ2n) is 5.02. The van der Waals surface area contributed by atoms with E-state index in [0.29, 0.717) is 0 Å². The summed E-state index contributed by atoms with van der Waals surface area (Å²) in [7, 11) is 6.77. The molecular weight excluding hydrogens is 134 g/mol. The summed E-state index contributed by atoms with van der Waals surface area (Å²) in [6.07, 6.45) is 1.35. The van der Waals surface area contributed by atoms with Gasteiger partial charge >= 0.3 is 0 Å². The van der Waals surface area contributed by atoms with E-state index in [-0.39, 0.29) is 0 Å². The highest BCUT2D eigenvalue weighted by Gasteiger charge is 2.12. The molecule has 0 bridgehead atoms. The summed E-state index contributed by atoms with van der Waals surface area (Å²) in [5, 5.41) is 0. The van der Waals surface area contributed by atoms with Gasteiger partial charge in [-0.1, -0.05) is 20.8 Å². The molecule has 0 saturated heterocycles. The first-order valence-corrected chi connectivity index (χ1v) is 4.63. The third kappa shape index (κ3) is 6.36. The fraction of sp³-hybridized carbons (Fsp3) is 1.00. The standard InChI is InChI=1S/C10H24N/c1-9(2)10(3)7-8-11(4,5)6/h9-10H,7-8H2,1-6H3/q+1. The van der Waals surface area contributed by atoms with Crippen LogP contribution in [0, 0.1) is 11.8 Å². The molecule has 0 fully saturated rings. The SMILES string of the molecule is CC(C)C(C)CC[N+](C)(C)C. The van der Waals surface area contributed by atoms with E-state index in [0.717, 1.165) is 16.3 Å². The molecule has 0 rings (SSSR count). The summed E-state index contributed by atoms with van der Waals surface area (Å²) in [4.78, 5) is 0. The van der Waals surface area contributed by atoms with Gasteiger partial charge in [0, 0.05) is 0 Å². The second kappa shape index (κ2) is 4.10. The number of nitrogens with zero attached hydrogens (tertiary/aromatic N) is 1. The van der Waals surface area contributed by atoms with Crippen LogP contribution in [0.15, 0.2) is 0 Å². The molecule has 0 aromatic rings. The molecule has 1 heteroatoms. The molecule has 0 spiro atoms. The van der Waals surface area contributed by atoms with Gasteiger partial charge < -0.3 is 4.48 Å². The van der Waals surface area contributed by atoms with Crippen molar-refractivity contribution in [1.82, 2.24) is 0 Å². The van der Waals surface area contributed by atoms with Crippen molar-refractivity contribution in [3.05, 3.63) is 0 Å². The smallest absolute Gasteiger partial charge is 0.0783 e. The zero-order chi connectivity index (χ0) is 9.07. The van der Waals surface area contributed by atoms with Crippen LogP contribution in [0.5, 0.6) is 0 Å². The number of rotatable bonds is 4. The molecule has 0 N–H and O–H groups in total. The minimum Gasteiger partial charge on any atom is -0.331 e. The topological polar surface area (TPSA) is 0 Å². The van der Waals surface area contributed by atoms with Crippen LogP contribution in [0.4, 0.5) is 0 Å². The molecule has 0 aliphatic carbocycles. The Morgan fingerprint density at radius 3 is 1.73 bits per heavy atom. The maximum atomic E-state index is 2.35. The predicted octanol–water partition coefficient (Wildman–Crippen LogP) is 2.37. The molecular formula is C10H24N+. The first kappa shape index (κ1) is 11.0. The predicted molar refractivity (Wildman–Crippen MR) is 51.5 cm³/mol. The van der Waals surface area contributed by atoms with Gasteiger partial charge in [0.05, 0.1) is 27.7 Å². The second-order valence-corrected chi connectivity index (χ2v) is 5.02. The Bertz CT molecular complexity index is 99.9. The Balaban J connectivity index is 3.54. The van der Waals surface area contributed by atoms with Gasteiger partial charge in [-0.3, -0.25) is 0 Å². The fourth-order valence-corrected chi connectivity index (χ4v) is 0.924. The average molecular weight is 158 g/mol. The lowest BCUT2D eigenvalue weighted by Gasteiger charge is -2.26. The van der Waals surface area contributed by atoms with E-state index in [2.05, 4.69) is 41.9 Å². The van der Waals surface area contributed by atoms with E-state index in [9.17, 15) is 0 Å². The molecule has 0 saturated carbocycles. The van der Waals surface area contributed by atoms with E-state index in [4.69, 9.17) is 0 Å². The molecule has 0 aliphatic rings. The van der Waals surface area contributed by atoms with Gasteiger partial charge in [0.25, 0.3) is 0 Å². The van der Waals surface area contributed by atoms with Crippen molar-refractivity contribution in [3.8, 4) is 0 Å². The lowest BCUT2D eigenvalue weighted by Crippen LogP contribution is -2.36. The normalized spacial score (nSPS) is 15.5. The monoisotopic (exact) mass is 158 g/mol. The van der Waals surface area contributed by atoms with Crippen LogP contribution in [-0.4, -0.2) is 32.2 Å². The number of hydrogen-bond acceptors (Lipinski definition) is 0. The maximum Gasteiger partial charge on any atom is 0.0783 e. The van der Waals surface area contributed by atoms with Crippen LogP contribution in [-0.2, 0) is 0 Å². The fourth-order valence-electron chi connectivity index (χ4n) is 0.924. The zero-order valence-corrected chi connectivity index (χ0v) is 9.02. The van der Waals surface area contributed by atoms with Crippen LogP contribution >= 0.6 is 0 Å². The first-order valence-electron chi connectivity index (χ1n) is 4.63. The van der Waals surface area contributed by atoms with Crippen molar-refractivity contribution < 1.29 is 4.48 Å². The van der Waals surface area contributed by atoms with Gasteiger partial charge in [0.2, 0.25) is 0 Å². The molecule has 1 nitrogen and oxygen atoms in total. The van der Waals surface area contributed by atoms with Crippen LogP contribution in [0.2, 0.25) is 0 Å². The van der Waals surface area contributed by atoms with E-state index >= 15 is 0 Å². The Morgan fingerprint density at radius 1 is 1.00 bits per heavy atom. The molecule has 0 amide bonds. The molecule has 68 valence electrons. The van der Waals surface area contributed by atoms with Crippen molar-refractivity contribution in [2.75, 3.05) is 27.7 Å². The summed E-state index contributed by atoms with van der Waals surface area (Å²) in [5.41, 5.74) is 0. The summed E-state index contributed by atoms with van der Waals surface area (Å²) in [6, 6.07) is 0. The van der Waals surface area contributed by atoms with Crippen molar-refractivity contribution in [1.29, 1.82) is 0 Å². The summed E-state index contributed by atoms with van der Waals surface area (Å²) < 4.78 is 1.09. The molecule has 11 heavy (non-hydrogen) atoms. The van der Waals surface area contributed by atoms with Crippen LogP contribution in [0.25, 0.3) is 0 Å². The van der Waals surface area contributed by atoms with Gasteiger partial charge in [-0.05, 0) is 18.3 Å². The van der Waals surface area contributed by atoms with Crippen LogP contribution in [0.1, 0.15) is 27.2 Å². The summed E-state index contributed by atoms with van der Waals surface area (Å²) >= 11 is 0. The molecule has 0 heterocycles. The molecule has 0 radical (unpaired) electrons. The molecule has 1 atom stereocenters. The van der Waals surface area contributed by atoms with Crippen molar-refractivity contribution in [2.24, 2.45) is 11.8 Å². The summed E-state index contributed by atoms with van der Waals surface area (Å²) in [6.45, 7) is 8.25.